The van der Waals surface area contributed by atoms with Crippen LogP contribution in [0.5, 0.6) is 11.5 Å². The van der Waals surface area contributed by atoms with E-state index in [2.05, 4.69) is 5.32 Å². The summed E-state index contributed by atoms with van der Waals surface area (Å²) < 4.78 is 40.7. The molecule has 2 rings (SSSR count). The first-order chi connectivity index (χ1) is 11.4. The van der Waals surface area contributed by atoms with Crippen molar-refractivity contribution in [1.82, 2.24) is 5.32 Å². The third kappa shape index (κ3) is 5.00. The number of hydrogen-bond donors (Lipinski definition) is 1. The predicted octanol–water partition coefficient (Wildman–Crippen LogP) is 0.724. The lowest BCUT2D eigenvalue weighted by Crippen LogP contribution is -2.40. The number of rotatable bonds is 9. The number of carbonyl (C=O) groups excluding carboxylic acids is 1. The fourth-order valence-electron chi connectivity index (χ4n) is 2.17. The molecule has 1 amide bonds. The highest BCUT2D eigenvalue weighted by molar-refractivity contribution is 7.92. The summed E-state index contributed by atoms with van der Waals surface area (Å²) in [5.41, 5.74) is 0.353. The molecule has 0 atom stereocenters. The van der Waals surface area contributed by atoms with Crippen molar-refractivity contribution in [3.8, 4) is 11.5 Å². The van der Waals surface area contributed by atoms with Crippen molar-refractivity contribution >= 4 is 21.6 Å². The van der Waals surface area contributed by atoms with E-state index in [1.54, 1.807) is 18.2 Å². The lowest BCUT2D eigenvalue weighted by molar-refractivity contribution is -0.119. The number of carbonyl (C=O) groups is 1. The second-order valence-electron chi connectivity index (χ2n) is 5.21. The average Bonchev–Trinajstić information content (AvgIpc) is 2.98. The van der Waals surface area contributed by atoms with E-state index >= 15 is 0 Å². The minimum absolute atomic E-state index is 0.0952. The van der Waals surface area contributed by atoms with Crippen molar-refractivity contribution in [1.29, 1.82) is 0 Å². The first-order valence-corrected chi connectivity index (χ1v) is 9.48. The molecule has 24 heavy (non-hydrogen) atoms. The molecule has 0 unspecified atom stereocenters. The summed E-state index contributed by atoms with van der Waals surface area (Å²) in [6.07, 6.45) is 1.72. The summed E-state index contributed by atoms with van der Waals surface area (Å²) in [4.78, 5) is 12.0. The molecule has 0 bridgehead atoms. The third-order valence-electron chi connectivity index (χ3n) is 3.32. The monoisotopic (exact) mass is 358 g/mol. The highest BCUT2D eigenvalue weighted by Crippen LogP contribution is 2.35. The largest absolute Gasteiger partial charge is 0.454 e. The van der Waals surface area contributed by atoms with E-state index in [0.29, 0.717) is 43.4 Å². The van der Waals surface area contributed by atoms with Crippen LogP contribution in [0.4, 0.5) is 5.69 Å². The number of fused-ring (bicyclic) bond motifs is 1. The predicted molar refractivity (Wildman–Crippen MR) is 88.9 cm³/mol. The average molecular weight is 358 g/mol. The van der Waals surface area contributed by atoms with Crippen LogP contribution in [0, 0.1) is 0 Å². The topological polar surface area (TPSA) is 94.2 Å². The summed E-state index contributed by atoms with van der Waals surface area (Å²) in [7, 11) is -3.62. The number of ether oxygens (including phenoxy) is 3. The Morgan fingerprint density at radius 1 is 1.33 bits per heavy atom. The number of hydrogen-bond acceptors (Lipinski definition) is 6. The van der Waals surface area contributed by atoms with Gasteiger partial charge in [-0.15, -0.1) is 0 Å². The summed E-state index contributed by atoms with van der Waals surface area (Å²) in [6, 6.07) is 4.75. The molecule has 1 N–H and O–H groups in total. The Labute approximate surface area is 141 Å². The molecule has 0 saturated heterocycles. The second-order valence-corrected chi connectivity index (χ2v) is 7.11. The number of sulfonamides is 1. The Kier molecular flexibility index (Phi) is 6.27. The van der Waals surface area contributed by atoms with Gasteiger partial charge in [-0.3, -0.25) is 9.10 Å². The molecular weight excluding hydrogens is 336 g/mol. The summed E-state index contributed by atoms with van der Waals surface area (Å²) >= 11 is 0. The zero-order valence-electron chi connectivity index (χ0n) is 13.8. The summed E-state index contributed by atoms with van der Waals surface area (Å²) in [6.45, 7) is 3.30. The Hall–Kier alpha value is -2.00. The number of anilines is 1. The molecule has 8 nitrogen and oxygen atoms in total. The minimum atomic E-state index is -3.62. The van der Waals surface area contributed by atoms with Crippen molar-refractivity contribution in [3.05, 3.63) is 18.2 Å². The van der Waals surface area contributed by atoms with Crippen LogP contribution in [0.15, 0.2) is 18.2 Å². The third-order valence-corrected chi connectivity index (χ3v) is 4.46. The Morgan fingerprint density at radius 3 is 2.79 bits per heavy atom. The van der Waals surface area contributed by atoms with E-state index in [1.807, 2.05) is 6.92 Å². The molecule has 0 aliphatic carbocycles. The number of amides is 1. The molecule has 0 fully saturated rings. The molecule has 134 valence electrons. The van der Waals surface area contributed by atoms with Gasteiger partial charge < -0.3 is 19.5 Å². The molecule has 1 aliphatic rings. The lowest BCUT2D eigenvalue weighted by atomic mass is 10.3. The van der Waals surface area contributed by atoms with E-state index in [4.69, 9.17) is 14.2 Å². The van der Waals surface area contributed by atoms with Crippen LogP contribution in [-0.2, 0) is 19.6 Å². The van der Waals surface area contributed by atoms with Crippen LogP contribution < -0.4 is 19.1 Å². The van der Waals surface area contributed by atoms with Gasteiger partial charge in [0.15, 0.2) is 11.5 Å². The Balaban J connectivity index is 2.00. The van der Waals surface area contributed by atoms with E-state index in [1.165, 1.54) is 0 Å². The number of nitrogens with zero attached hydrogens (tertiary/aromatic N) is 1. The van der Waals surface area contributed by atoms with Crippen molar-refractivity contribution in [3.63, 3.8) is 0 Å². The van der Waals surface area contributed by atoms with Gasteiger partial charge >= 0.3 is 0 Å². The highest BCUT2D eigenvalue weighted by atomic mass is 32.2. The quantitative estimate of drug-likeness (QED) is 0.654. The van der Waals surface area contributed by atoms with Gasteiger partial charge in [-0.25, -0.2) is 8.42 Å². The summed E-state index contributed by atoms with van der Waals surface area (Å²) in [5.74, 6) is 0.625. The molecule has 1 aromatic carbocycles. The van der Waals surface area contributed by atoms with E-state index in [9.17, 15) is 13.2 Å². The normalized spacial score (nSPS) is 12.9. The molecule has 0 aromatic heterocycles. The van der Waals surface area contributed by atoms with Gasteiger partial charge in [0, 0.05) is 25.8 Å². The van der Waals surface area contributed by atoms with Crippen LogP contribution in [0.2, 0.25) is 0 Å². The van der Waals surface area contributed by atoms with Crippen LogP contribution in [0.25, 0.3) is 0 Å². The molecule has 1 aromatic rings. The molecular formula is C15H22N2O6S. The van der Waals surface area contributed by atoms with E-state index in [0.717, 1.165) is 10.6 Å². The van der Waals surface area contributed by atoms with Crippen molar-refractivity contribution < 1.29 is 27.4 Å². The van der Waals surface area contributed by atoms with Gasteiger partial charge in [0.25, 0.3) is 0 Å². The Bertz CT molecular complexity index is 677. The van der Waals surface area contributed by atoms with Crippen LogP contribution >= 0.6 is 0 Å². The Morgan fingerprint density at radius 2 is 2.08 bits per heavy atom. The van der Waals surface area contributed by atoms with Crippen molar-refractivity contribution in [2.24, 2.45) is 0 Å². The SMILES string of the molecule is CCOCCCNC(=O)CN(c1ccc2c(c1)OCO2)S(C)(=O)=O. The smallest absolute Gasteiger partial charge is 0.240 e. The zero-order valence-corrected chi connectivity index (χ0v) is 14.6. The molecule has 0 spiro atoms. The number of benzene rings is 1. The molecule has 9 heteroatoms. The molecule has 1 heterocycles. The molecule has 0 radical (unpaired) electrons. The van der Waals surface area contributed by atoms with Gasteiger partial charge in [0.05, 0.1) is 11.9 Å². The van der Waals surface area contributed by atoms with Gasteiger partial charge in [0.2, 0.25) is 22.7 Å². The fourth-order valence-corrected chi connectivity index (χ4v) is 3.02. The zero-order chi connectivity index (χ0) is 17.6. The number of nitrogens with one attached hydrogen (secondary N) is 1. The highest BCUT2D eigenvalue weighted by Gasteiger charge is 2.23. The first kappa shape index (κ1) is 18.3. The lowest BCUT2D eigenvalue weighted by Gasteiger charge is -2.22. The van der Waals surface area contributed by atoms with E-state index in [-0.39, 0.29) is 19.2 Å². The van der Waals surface area contributed by atoms with Crippen molar-refractivity contribution in [2.45, 2.75) is 13.3 Å². The van der Waals surface area contributed by atoms with E-state index < -0.39 is 10.0 Å². The summed E-state index contributed by atoms with van der Waals surface area (Å²) in [5, 5.41) is 2.69. The van der Waals surface area contributed by atoms with Crippen molar-refractivity contribution in [2.75, 3.05) is 43.7 Å². The maximum atomic E-state index is 12.0. The molecule has 1 aliphatic heterocycles. The minimum Gasteiger partial charge on any atom is -0.454 e. The first-order valence-electron chi connectivity index (χ1n) is 7.63. The maximum absolute atomic E-state index is 12.0. The second kappa shape index (κ2) is 8.20. The van der Waals surface area contributed by atoms with Crippen LogP contribution in [-0.4, -0.2) is 53.7 Å². The van der Waals surface area contributed by atoms with Crippen LogP contribution in [0.3, 0.4) is 0 Å². The van der Waals surface area contributed by atoms with Crippen LogP contribution in [0.1, 0.15) is 13.3 Å². The standard InChI is InChI=1S/C15H22N2O6S/c1-3-21-8-4-7-16-15(18)10-17(24(2,19)20)12-5-6-13-14(9-12)23-11-22-13/h5-6,9H,3-4,7-8,10-11H2,1-2H3,(H,16,18). The van der Waals surface area contributed by atoms with Gasteiger partial charge in [-0.2, -0.15) is 0 Å². The van der Waals surface area contributed by atoms with Gasteiger partial charge in [-0.1, -0.05) is 0 Å². The molecule has 0 saturated carbocycles. The van der Waals surface area contributed by atoms with Gasteiger partial charge in [0.1, 0.15) is 6.54 Å². The maximum Gasteiger partial charge on any atom is 0.240 e. The fraction of sp³-hybridized carbons (Fsp3) is 0.533. The van der Waals surface area contributed by atoms with Gasteiger partial charge in [-0.05, 0) is 25.5 Å².